The molecule has 0 fully saturated rings. The topological polar surface area (TPSA) is 25.2 Å². The first-order chi connectivity index (χ1) is 10.7. The summed E-state index contributed by atoms with van der Waals surface area (Å²) in [6.07, 6.45) is 0. The molecule has 0 aliphatic heterocycles. The largest absolute Gasteiger partial charge is 0.460 e. The fourth-order valence-corrected chi connectivity index (χ4v) is 2.44. The van der Waals surface area contributed by atoms with Gasteiger partial charge in [-0.15, -0.1) is 0 Å². The molecule has 3 aromatic rings. The van der Waals surface area contributed by atoms with Gasteiger partial charge in [-0.1, -0.05) is 35.9 Å². The molecule has 0 unspecified atom stereocenters. The van der Waals surface area contributed by atoms with Crippen molar-refractivity contribution < 1.29 is 8.81 Å². The van der Waals surface area contributed by atoms with Crippen molar-refractivity contribution in [1.29, 1.82) is 0 Å². The van der Waals surface area contributed by atoms with Gasteiger partial charge in [-0.25, -0.2) is 4.39 Å². The van der Waals surface area contributed by atoms with Crippen LogP contribution in [0, 0.1) is 5.82 Å². The summed E-state index contributed by atoms with van der Waals surface area (Å²) in [7, 11) is 0. The normalized spacial score (nSPS) is 10.8. The van der Waals surface area contributed by atoms with Gasteiger partial charge in [0.1, 0.15) is 17.3 Å². The van der Waals surface area contributed by atoms with Crippen molar-refractivity contribution in [2.75, 3.05) is 0 Å². The van der Waals surface area contributed by atoms with E-state index in [2.05, 4.69) is 5.32 Å². The lowest BCUT2D eigenvalue weighted by Gasteiger charge is -2.03. The van der Waals surface area contributed by atoms with Crippen molar-refractivity contribution in [3.05, 3.63) is 82.8 Å². The highest BCUT2D eigenvalue weighted by atomic mass is 35.5. The van der Waals surface area contributed by atoms with Crippen LogP contribution in [0.2, 0.25) is 5.02 Å². The first-order valence-corrected chi connectivity index (χ1v) is 7.39. The third kappa shape index (κ3) is 3.56. The van der Waals surface area contributed by atoms with E-state index in [0.717, 1.165) is 22.6 Å². The van der Waals surface area contributed by atoms with E-state index >= 15 is 0 Å². The van der Waals surface area contributed by atoms with E-state index in [1.807, 2.05) is 36.4 Å². The van der Waals surface area contributed by atoms with E-state index in [1.165, 1.54) is 12.1 Å². The Balaban J connectivity index is 1.60. The summed E-state index contributed by atoms with van der Waals surface area (Å²) < 4.78 is 18.6. The number of halogens is 2. The van der Waals surface area contributed by atoms with Gasteiger partial charge in [0.2, 0.25) is 0 Å². The minimum absolute atomic E-state index is 0.223. The predicted octanol–water partition coefficient (Wildman–Crippen LogP) is 5.03. The van der Waals surface area contributed by atoms with Crippen LogP contribution in [0.4, 0.5) is 4.39 Å². The zero-order valence-corrected chi connectivity index (χ0v) is 12.6. The Morgan fingerprint density at radius 3 is 2.45 bits per heavy atom. The molecule has 0 atom stereocenters. The Kier molecular flexibility index (Phi) is 4.56. The SMILES string of the molecule is Fc1ccc(CNCc2ccc(-c3ccccc3Cl)o2)cc1. The summed E-state index contributed by atoms with van der Waals surface area (Å²) in [6.45, 7) is 1.25. The van der Waals surface area contributed by atoms with Gasteiger partial charge >= 0.3 is 0 Å². The van der Waals surface area contributed by atoms with Crippen molar-refractivity contribution in [2.24, 2.45) is 0 Å². The van der Waals surface area contributed by atoms with Crippen molar-refractivity contribution in [1.82, 2.24) is 5.32 Å². The lowest BCUT2D eigenvalue weighted by molar-refractivity contribution is 0.493. The summed E-state index contributed by atoms with van der Waals surface area (Å²) in [5.74, 6) is 1.36. The van der Waals surface area contributed by atoms with Gasteiger partial charge in [0, 0.05) is 12.1 Å². The maximum absolute atomic E-state index is 12.8. The van der Waals surface area contributed by atoms with Crippen molar-refractivity contribution in [3.8, 4) is 11.3 Å². The van der Waals surface area contributed by atoms with Crippen LogP contribution < -0.4 is 5.32 Å². The summed E-state index contributed by atoms with van der Waals surface area (Å²) in [5.41, 5.74) is 1.91. The van der Waals surface area contributed by atoms with Crippen molar-refractivity contribution >= 4 is 11.6 Å². The molecule has 1 aromatic heterocycles. The molecule has 1 N–H and O–H groups in total. The monoisotopic (exact) mass is 315 g/mol. The third-order valence-corrected chi connectivity index (χ3v) is 3.67. The summed E-state index contributed by atoms with van der Waals surface area (Å²) >= 11 is 6.16. The maximum atomic E-state index is 12.8. The second-order valence-corrected chi connectivity index (χ2v) is 5.38. The molecule has 0 radical (unpaired) electrons. The van der Waals surface area contributed by atoms with Crippen molar-refractivity contribution in [3.63, 3.8) is 0 Å². The van der Waals surface area contributed by atoms with E-state index in [-0.39, 0.29) is 5.82 Å². The Labute approximate surface area is 133 Å². The summed E-state index contributed by atoms with van der Waals surface area (Å²) in [4.78, 5) is 0. The second-order valence-electron chi connectivity index (χ2n) is 4.98. The molecule has 0 saturated carbocycles. The molecule has 22 heavy (non-hydrogen) atoms. The Morgan fingerprint density at radius 1 is 0.909 bits per heavy atom. The molecule has 0 amide bonds. The smallest absolute Gasteiger partial charge is 0.135 e. The fraction of sp³-hybridized carbons (Fsp3) is 0.111. The summed E-state index contributed by atoms with van der Waals surface area (Å²) in [6, 6.07) is 17.9. The third-order valence-electron chi connectivity index (χ3n) is 3.34. The molecule has 0 bridgehead atoms. The Bertz CT molecular complexity index is 752. The number of furan rings is 1. The molecule has 0 saturated heterocycles. The number of hydrogen-bond donors (Lipinski definition) is 1. The van der Waals surface area contributed by atoms with Gasteiger partial charge in [0.05, 0.1) is 11.6 Å². The number of nitrogens with one attached hydrogen (secondary N) is 1. The number of benzene rings is 2. The maximum Gasteiger partial charge on any atom is 0.135 e. The van der Waals surface area contributed by atoms with Crippen LogP contribution in [0.5, 0.6) is 0 Å². The molecule has 1 heterocycles. The van der Waals surface area contributed by atoms with E-state index in [1.54, 1.807) is 12.1 Å². The van der Waals surface area contributed by atoms with Crippen LogP contribution in [0.25, 0.3) is 11.3 Å². The standard InChI is InChI=1S/C18H15ClFNO/c19-17-4-2-1-3-16(17)18-10-9-15(22-18)12-21-11-13-5-7-14(20)8-6-13/h1-10,21H,11-12H2. The Hall–Kier alpha value is -2.10. The number of rotatable bonds is 5. The molecule has 0 aliphatic carbocycles. The predicted molar refractivity (Wildman–Crippen MR) is 86.1 cm³/mol. The molecule has 2 aromatic carbocycles. The van der Waals surface area contributed by atoms with Gasteiger partial charge < -0.3 is 9.73 Å². The molecular weight excluding hydrogens is 301 g/mol. The van der Waals surface area contributed by atoms with E-state index in [4.69, 9.17) is 16.0 Å². The zero-order valence-electron chi connectivity index (χ0n) is 11.9. The van der Waals surface area contributed by atoms with Crippen molar-refractivity contribution in [2.45, 2.75) is 13.1 Å². The van der Waals surface area contributed by atoms with Crippen LogP contribution in [0.3, 0.4) is 0 Å². The molecule has 4 heteroatoms. The molecular formula is C18H15ClFNO. The number of hydrogen-bond acceptors (Lipinski definition) is 2. The second kappa shape index (κ2) is 6.77. The molecule has 3 rings (SSSR count). The average Bonchev–Trinajstić information content (AvgIpc) is 2.98. The van der Waals surface area contributed by atoms with E-state index in [9.17, 15) is 4.39 Å². The highest BCUT2D eigenvalue weighted by Gasteiger charge is 2.07. The molecule has 0 aliphatic rings. The highest BCUT2D eigenvalue weighted by Crippen LogP contribution is 2.28. The van der Waals surface area contributed by atoms with Gasteiger partial charge in [-0.2, -0.15) is 0 Å². The zero-order chi connectivity index (χ0) is 15.4. The van der Waals surface area contributed by atoms with Gasteiger partial charge in [0.25, 0.3) is 0 Å². The quantitative estimate of drug-likeness (QED) is 0.714. The van der Waals surface area contributed by atoms with Gasteiger partial charge in [-0.3, -0.25) is 0 Å². The van der Waals surface area contributed by atoms with Gasteiger partial charge in [0.15, 0.2) is 0 Å². The molecule has 0 spiro atoms. The highest BCUT2D eigenvalue weighted by molar-refractivity contribution is 6.33. The van der Waals surface area contributed by atoms with Crippen LogP contribution in [0.1, 0.15) is 11.3 Å². The Morgan fingerprint density at radius 2 is 1.68 bits per heavy atom. The molecule has 2 nitrogen and oxygen atoms in total. The minimum atomic E-state index is -0.223. The van der Waals surface area contributed by atoms with Crippen LogP contribution in [-0.4, -0.2) is 0 Å². The van der Waals surface area contributed by atoms with Crippen LogP contribution >= 0.6 is 11.6 Å². The average molecular weight is 316 g/mol. The lowest BCUT2D eigenvalue weighted by Crippen LogP contribution is -2.11. The first kappa shape index (κ1) is 14.8. The minimum Gasteiger partial charge on any atom is -0.460 e. The fourth-order valence-electron chi connectivity index (χ4n) is 2.21. The van der Waals surface area contributed by atoms with E-state index in [0.29, 0.717) is 18.1 Å². The van der Waals surface area contributed by atoms with Crippen LogP contribution in [0.15, 0.2) is 65.1 Å². The first-order valence-electron chi connectivity index (χ1n) is 7.01. The van der Waals surface area contributed by atoms with Crippen LogP contribution in [-0.2, 0) is 13.1 Å². The van der Waals surface area contributed by atoms with Gasteiger partial charge in [-0.05, 0) is 42.0 Å². The summed E-state index contributed by atoms with van der Waals surface area (Å²) in [5, 5.41) is 3.94. The van der Waals surface area contributed by atoms with E-state index < -0.39 is 0 Å². The lowest BCUT2D eigenvalue weighted by atomic mass is 10.2. The molecule has 112 valence electrons.